The summed E-state index contributed by atoms with van der Waals surface area (Å²) < 4.78 is 11.4. The largest absolute Gasteiger partial charge is 0.490 e. The van der Waals surface area contributed by atoms with E-state index in [4.69, 9.17) is 14.6 Å². The van der Waals surface area contributed by atoms with Crippen LogP contribution in [-0.4, -0.2) is 52.1 Å². The van der Waals surface area contributed by atoms with Gasteiger partial charge in [-0.15, -0.1) is 0 Å². The van der Waals surface area contributed by atoms with Crippen molar-refractivity contribution in [3.63, 3.8) is 0 Å². The lowest BCUT2D eigenvalue weighted by Gasteiger charge is -2.33. The fourth-order valence-electron chi connectivity index (χ4n) is 3.49. The Hall–Kier alpha value is -3.87. The first-order valence-corrected chi connectivity index (χ1v) is 11.2. The van der Waals surface area contributed by atoms with Crippen molar-refractivity contribution in [2.24, 2.45) is 5.92 Å². The number of ether oxygens (including phenoxy) is 2. The number of carbonyl (C=O) groups excluding carboxylic acids is 1. The third-order valence-corrected chi connectivity index (χ3v) is 4.83. The Morgan fingerprint density at radius 1 is 1.23 bits per heavy atom. The van der Waals surface area contributed by atoms with Crippen molar-refractivity contribution < 1.29 is 24.2 Å². The van der Waals surface area contributed by atoms with E-state index in [0.29, 0.717) is 23.4 Å². The quantitative estimate of drug-likeness (QED) is 0.544. The monoisotopic (exact) mass is 483 g/mol. The summed E-state index contributed by atoms with van der Waals surface area (Å²) in [5.74, 6) is 0.646. The topological polar surface area (TPSA) is 138 Å². The molecular weight excluding hydrogens is 450 g/mol. The molecule has 2 amide bonds. The van der Waals surface area contributed by atoms with E-state index in [2.05, 4.69) is 21.4 Å². The Kier molecular flexibility index (Phi) is 8.63. The second-order valence-electron chi connectivity index (χ2n) is 9.98. The molecule has 0 aliphatic heterocycles. The number of hydrogen-bond acceptors (Lipinski definition) is 7. The highest BCUT2D eigenvalue weighted by molar-refractivity contribution is 5.83. The Labute approximate surface area is 205 Å². The maximum Gasteiger partial charge on any atom is 0.413 e. The maximum absolute atomic E-state index is 12.4. The highest BCUT2D eigenvalue weighted by atomic mass is 16.6. The number of benzene rings is 1. The summed E-state index contributed by atoms with van der Waals surface area (Å²) in [5, 5.41) is 21.8. The van der Waals surface area contributed by atoms with Crippen molar-refractivity contribution >= 4 is 18.1 Å². The molecule has 0 aliphatic rings. The lowest BCUT2D eigenvalue weighted by molar-refractivity contribution is 0.0408. The molecule has 0 unspecified atom stereocenters. The molecule has 1 atom stereocenters. The molecular formula is C25H33N5O5. The van der Waals surface area contributed by atoms with Crippen molar-refractivity contribution in [3.05, 3.63) is 36.0 Å². The minimum Gasteiger partial charge on any atom is -0.490 e. The fourth-order valence-corrected chi connectivity index (χ4v) is 3.49. The summed E-state index contributed by atoms with van der Waals surface area (Å²) in [5.41, 5.74) is -0.0210. The molecule has 10 heteroatoms. The third-order valence-electron chi connectivity index (χ3n) is 4.83. The fraction of sp³-hybridized carbons (Fsp3) is 0.480. The van der Waals surface area contributed by atoms with Gasteiger partial charge in [-0.1, -0.05) is 13.8 Å². The van der Waals surface area contributed by atoms with Crippen molar-refractivity contribution in [2.75, 3.05) is 18.6 Å². The van der Waals surface area contributed by atoms with Gasteiger partial charge in [0.2, 0.25) is 5.95 Å². The zero-order valence-corrected chi connectivity index (χ0v) is 21.2. The average Bonchev–Trinajstić information content (AvgIpc) is 2.75. The van der Waals surface area contributed by atoms with Crippen molar-refractivity contribution in [1.29, 1.82) is 5.26 Å². The minimum atomic E-state index is -1.19. The van der Waals surface area contributed by atoms with E-state index < -0.39 is 23.3 Å². The van der Waals surface area contributed by atoms with Crippen LogP contribution in [0.1, 0.15) is 53.5 Å². The van der Waals surface area contributed by atoms with Crippen LogP contribution in [0.2, 0.25) is 0 Å². The smallest absolute Gasteiger partial charge is 0.413 e. The van der Waals surface area contributed by atoms with Crippen LogP contribution in [0.25, 0.3) is 11.3 Å². The Morgan fingerprint density at radius 3 is 2.49 bits per heavy atom. The van der Waals surface area contributed by atoms with Gasteiger partial charge in [-0.05, 0) is 64.3 Å². The van der Waals surface area contributed by atoms with Gasteiger partial charge in [0, 0.05) is 18.8 Å². The molecule has 2 aromatic rings. The van der Waals surface area contributed by atoms with Gasteiger partial charge in [0.25, 0.3) is 0 Å². The first kappa shape index (κ1) is 27.4. The molecule has 1 aromatic heterocycles. The number of carbonyl (C=O) groups is 2. The number of anilines is 1. The molecule has 0 spiro atoms. The number of carboxylic acid groups (broad SMARTS) is 1. The van der Waals surface area contributed by atoms with Gasteiger partial charge in [-0.25, -0.2) is 24.5 Å². The van der Waals surface area contributed by atoms with Crippen LogP contribution in [-0.2, 0) is 4.74 Å². The summed E-state index contributed by atoms with van der Waals surface area (Å²) in [4.78, 5) is 32.8. The average molecular weight is 484 g/mol. The lowest BCUT2D eigenvalue weighted by atomic mass is 9.91. The molecule has 10 nitrogen and oxygen atoms in total. The molecule has 0 bridgehead atoms. The van der Waals surface area contributed by atoms with Gasteiger partial charge in [-0.2, -0.15) is 5.26 Å². The highest BCUT2D eigenvalue weighted by Crippen LogP contribution is 2.28. The van der Waals surface area contributed by atoms with Gasteiger partial charge in [0.1, 0.15) is 24.0 Å². The first-order chi connectivity index (χ1) is 16.2. The van der Waals surface area contributed by atoms with E-state index in [9.17, 15) is 14.9 Å². The van der Waals surface area contributed by atoms with Crippen molar-refractivity contribution in [2.45, 2.75) is 59.1 Å². The van der Waals surface area contributed by atoms with E-state index in [1.54, 1.807) is 45.0 Å². The van der Waals surface area contributed by atoms with Crippen LogP contribution in [0.4, 0.5) is 15.5 Å². The van der Waals surface area contributed by atoms with Gasteiger partial charge < -0.3 is 19.9 Å². The van der Waals surface area contributed by atoms with Gasteiger partial charge >= 0.3 is 12.2 Å². The van der Waals surface area contributed by atoms with Gasteiger partial charge in [-0.3, -0.25) is 0 Å². The molecule has 0 radical (unpaired) electrons. The van der Waals surface area contributed by atoms with E-state index in [0.717, 1.165) is 4.90 Å². The van der Waals surface area contributed by atoms with Crippen LogP contribution >= 0.6 is 0 Å². The molecule has 2 N–H and O–H groups in total. The van der Waals surface area contributed by atoms with Crippen LogP contribution in [0.15, 0.2) is 30.5 Å². The summed E-state index contributed by atoms with van der Waals surface area (Å²) >= 11 is 0. The number of alkyl carbamates (subject to hydrolysis) is 1. The zero-order valence-electron chi connectivity index (χ0n) is 21.2. The number of nitrogens with zero attached hydrogens (tertiary/aromatic N) is 4. The van der Waals surface area contributed by atoms with Crippen LogP contribution < -0.4 is 15.0 Å². The first-order valence-electron chi connectivity index (χ1n) is 11.2. The maximum atomic E-state index is 12.4. The van der Waals surface area contributed by atoms with Gasteiger partial charge in [0.05, 0.1) is 16.8 Å². The Balaban J connectivity index is 2.25. The van der Waals surface area contributed by atoms with E-state index in [1.807, 2.05) is 20.8 Å². The SMILES string of the molecule is CC(C)C[C@@](C)(COc1ccc(-c2ccnc(N(C)C(=O)O)n2)cc1C#N)NC(=O)OC(C)(C)C. The molecule has 188 valence electrons. The summed E-state index contributed by atoms with van der Waals surface area (Å²) in [7, 11) is 1.35. The predicted molar refractivity (Wildman–Crippen MR) is 131 cm³/mol. The number of nitriles is 1. The molecule has 0 fully saturated rings. The molecule has 1 aromatic carbocycles. The van der Waals surface area contributed by atoms with E-state index in [1.165, 1.54) is 13.2 Å². The van der Waals surface area contributed by atoms with Crippen LogP contribution in [0, 0.1) is 17.2 Å². The number of nitrogens with one attached hydrogen (secondary N) is 1. The van der Waals surface area contributed by atoms with Crippen molar-refractivity contribution in [1.82, 2.24) is 15.3 Å². The molecule has 0 aliphatic carbocycles. The standard InChI is InChI=1S/C25H33N5O5/c1-16(2)13-25(6,29-22(31)35-24(3,4)5)15-34-20-9-8-17(12-18(20)14-26)19-10-11-27-21(28-19)30(7)23(32)33/h8-12,16H,13,15H2,1-7H3,(H,29,31)(H,32,33)/t25-/m0/s1. The van der Waals surface area contributed by atoms with Crippen LogP contribution in [0.3, 0.4) is 0 Å². The number of amides is 2. The molecule has 1 heterocycles. The summed E-state index contributed by atoms with van der Waals surface area (Å²) in [6, 6.07) is 8.74. The Morgan fingerprint density at radius 2 is 1.91 bits per heavy atom. The molecule has 2 rings (SSSR count). The second-order valence-corrected chi connectivity index (χ2v) is 9.98. The van der Waals surface area contributed by atoms with Crippen LogP contribution in [0.5, 0.6) is 5.75 Å². The lowest BCUT2D eigenvalue weighted by Crippen LogP contribution is -2.52. The number of aromatic nitrogens is 2. The van der Waals surface area contributed by atoms with Gasteiger partial charge in [0.15, 0.2) is 0 Å². The number of hydrogen-bond donors (Lipinski definition) is 2. The molecule has 35 heavy (non-hydrogen) atoms. The molecule has 0 saturated carbocycles. The third kappa shape index (κ3) is 8.14. The van der Waals surface area contributed by atoms with E-state index in [-0.39, 0.29) is 24.0 Å². The Bertz CT molecular complexity index is 1110. The number of rotatable bonds is 8. The predicted octanol–water partition coefficient (Wildman–Crippen LogP) is 4.84. The minimum absolute atomic E-state index is 0.0199. The highest BCUT2D eigenvalue weighted by Gasteiger charge is 2.31. The summed E-state index contributed by atoms with van der Waals surface area (Å²) in [6.45, 7) is 11.5. The van der Waals surface area contributed by atoms with Crippen molar-refractivity contribution in [3.8, 4) is 23.1 Å². The normalized spacial score (nSPS) is 12.9. The zero-order chi connectivity index (χ0) is 26.4. The molecule has 0 saturated heterocycles. The second kappa shape index (κ2) is 11.0. The summed E-state index contributed by atoms with van der Waals surface area (Å²) in [6.07, 6.45) is 0.361. The van der Waals surface area contributed by atoms with E-state index >= 15 is 0 Å².